The first kappa shape index (κ1) is 20.2. The summed E-state index contributed by atoms with van der Waals surface area (Å²) in [6.45, 7) is 0. The molecule has 2 rings (SSSR count). The van der Waals surface area contributed by atoms with Gasteiger partial charge in [-0.2, -0.15) is 0 Å². The summed E-state index contributed by atoms with van der Waals surface area (Å²) in [6, 6.07) is 5.09. The number of halogens is 2. The van der Waals surface area contributed by atoms with E-state index in [1.54, 1.807) is 35.8 Å². The summed E-state index contributed by atoms with van der Waals surface area (Å²) in [5.74, 6) is 2.49. The summed E-state index contributed by atoms with van der Waals surface area (Å²) >= 11 is 6.30. The Morgan fingerprint density at radius 1 is 1.50 bits per heavy atom. The number of pyridine rings is 1. The third-order valence-electron chi connectivity index (χ3n) is 3.72. The molecule has 1 aromatic rings. The summed E-state index contributed by atoms with van der Waals surface area (Å²) in [7, 11) is 1.34. The number of carbonyl (C=O) groups excluding carboxylic acids is 2. The van der Waals surface area contributed by atoms with Gasteiger partial charge in [0.15, 0.2) is 0 Å². The zero-order chi connectivity index (χ0) is 17.6. The molecule has 128 valence electrons. The third-order valence-corrected chi connectivity index (χ3v) is 8.30. The first-order chi connectivity index (χ1) is 11.5. The monoisotopic (exact) mass is 588 g/mol. The fourth-order valence-electron chi connectivity index (χ4n) is 2.64. The van der Waals surface area contributed by atoms with Crippen molar-refractivity contribution in [3.63, 3.8) is 0 Å². The fraction of sp³-hybridized carbons (Fsp3) is 0.400. The number of aromatic nitrogens is 1. The van der Waals surface area contributed by atoms with Crippen LogP contribution in [0.1, 0.15) is 29.8 Å². The molecule has 0 aliphatic heterocycles. The van der Waals surface area contributed by atoms with Gasteiger partial charge in [-0.3, -0.25) is 9.78 Å². The maximum absolute atomic E-state index is 12.4. The van der Waals surface area contributed by atoms with Crippen LogP contribution in [0.15, 0.2) is 24.4 Å². The van der Waals surface area contributed by atoms with E-state index in [0.29, 0.717) is 12.8 Å². The second-order valence-electron chi connectivity index (χ2n) is 5.22. The van der Waals surface area contributed by atoms with E-state index in [2.05, 4.69) is 65.6 Å². The molecule has 0 spiro atoms. The largest absolute Gasteiger partial charge is 0.467 e. The van der Waals surface area contributed by atoms with Crippen molar-refractivity contribution in [1.82, 2.24) is 10.3 Å². The van der Waals surface area contributed by atoms with E-state index in [4.69, 9.17) is 4.74 Å². The van der Waals surface area contributed by atoms with Crippen LogP contribution in [0.3, 0.4) is 0 Å². The topological polar surface area (TPSA) is 68.3 Å². The SMILES string of the molecule is COC(=O)C1(NC(=O)c2ccccn2)CCC(C#CSP(I)I)C1. The van der Waals surface area contributed by atoms with E-state index < -0.39 is 11.5 Å². The predicted octanol–water partition coefficient (Wildman–Crippen LogP) is 4.31. The van der Waals surface area contributed by atoms with Gasteiger partial charge in [-0.25, -0.2) is 4.79 Å². The van der Waals surface area contributed by atoms with Crippen LogP contribution in [-0.2, 0) is 9.53 Å². The number of hydrogen-bond donors (Lipinski definition) is 1. The van der Waals surface area contributed by atoms with Gasteiger partial charge >= 0.3 is 5.97 Å². The lowest BCUT2D eigenvalue weighted by atomic mass is 9.95. The van der Waals surface area contributed by atoms with E-state index in [0.717, 1.165) is 6.42 Å². The lowest BCUT2D eigenvalue weighted by Crippen LogP contribution is -2.53. The standard InChI is InChI=1S/C15H15I2N2O3PS/c1-22-14(21)15(19-13(20)12-4-2-3-8-18-12)7-5-11(10-15)6-9-24-23(16)17/h2-4,8,11H,5,7,10H2,1H3,(H,19,20). The molecule has 0 aromatic carbocycles. The maximum atomic E-state index is 12.4. The Morgan fingerprint density at radius 3 is 2.92 bits per heavy atom. The van der Waals surface area contributed by atoms with Gasteiger partial charge in [-0.15, -0.1) is 0 Å². The molecule has 5 nitrogen and oxygen atoms in total. The normalized spacial score (nSPS) is 22.6. The van der Waals surface area contributed by atoms with Gasteiger partial charge in [0.2, 0.25) is 0 Å². The van der Waals surface area contributed by atoms with Crippen molar-refractivity contribution in [3.8, 4) is 11.2 Å². The number of rotatable bonds is 4. The van der Waals surface area contributed by atoms with Gasteiger partial charge < -0.3 is 10.1 Å². The molecule has 1 aliphatic carbocycles. The van der Waals surface area contributed by atoms with Gasteiger partial charge in [-0.05, 0) is 92.1 Å². The van der Waals surface area contributed by atoms with Crippen LogP contribution >= 0.6 is 57.9 Å². The van der Waals surface area contributed by atoms with Crippen molar-refractivity contribution >= 4 is 69.7 Å². The van der Waals surface area contributed by atoms with Gasteiger partial charge in [0.25, 0.3) is 5.91 Å². The highest BCUT2D eigenvalue weighted by Gasteiger charge is 2.47. The van der Waals surface area contributed by atoms with E-state index in [1.807, 2.05) is 0 Å². The first-order valence-electron chi connectivity index (χ1n) is 7.08. The van der Waals surface area contributed by atoms with Crippen molar-refractivity contribution in [1.29, 1.82) is 0 Å². The second-order valence-corrected chi connectivity index (χ2v) is 22.9. The zero-order valence-corrected chi connectivity index (χ0v) is 18.8. The molecule has 1 heterocycles. The Kier molecular flexibility index (Phi) is 8.04. The molecule has 1 aromatic heterocycles. The number of nitrogens with zero attached hydrogens (tertiary/aromatic N) is 1. The molecule has 0 bridgehead atoms. The highest BCUT2D eigenvalue weighted by Crippen LogP contribution is 2.64. The van der Waals surface area contributed by atoms with Crippen molar-refractivity contribution in [3.05, 3.63) is 30.1 Å². The molecular formula is C15H15I2N2O3PS. The van der Waals surface area contributed by atoms with E-state index in [9.17, 15) is 9.59 Å². The molecular weight excluding hydrogens is 573 g/mol. The van der Waals surface area contributed by atoms with Gasteiger partial charge in [0.05, 0.1) is 9.52 Å². The molecule has 0 radical (unpaired) electrons. The fourth-order valence-corrected chi connectivity index (χ4v) is 5.06. The number of nitrogens with one attached hydrogen (secondary N) is 1. The van der Waals surface area contributed by atoms with Crippen molar-refractivity contribution in [2.24, 2.45) is 5.92 Å². The van der Waals surface area contributed by atoms with Gasteiger partial charge in [0, 0.05) is 12.1 Å². The summed E-state index contributed by atoms with van der Waals surface area (Å²) in [6.07, 6.45) is 3.29. The van der Waals surface area contributed by atoms with Crippen molar-refractivity contribution < 1.29 is 14.3 Å². The smallest absolute Gasteiger partial charge is 0.331 e. The molecule has 2 unspecified atom stereocenters. The number of carbonyl (C=O) groups is 2. The Morgan fingerprint density at radius 2 is 2.29 bits per heavy atom. The Labute approximate surface area is 172 Å². The molecule has 9 heteroatoms. The lowest BCUT2D eigenvalue weighted by molar-refractivity contribution is -0.148. The Bertz CT molecular complexity index is 666. The van der Waals surface area contributed by atoms with Crippen LogP contribution in [0, 0.1) is 17.1 Å². The minimum Gasteiger partial charge on any atom is -0.467 e. The van der Waals surface area contributed by atoms with Gasteiger partial charge in [0.1, 0.15) is 11.2 Å². The molecule has 1 fully saturated rings. The number of amides is 1. The van der Waals surface area contributed by atoms with Crippen LogP contribution in [-0.4, -0.2) is 29.5 Å². The number of esters is 1. The number of methoxy groups -OCH3 is 1. The van der Waals surface area contributed by atoms with E-state index in [-0.39, 0.29) is 19.9 Å². The number of ether oxygens (including phenoxy) is 1. The predicted molar refractivity (Wildman–Crippen MR) is 114 cm³/mol. The first-order valence-corrected chi connectivity index (χ1v) is 15.4. The highest BCUT2D eigenvalue weighted by atomic mass is 127. The number of hydrogen-bond acceptors (Lipinski definition) is 5. The highest BCUT2D eigenvalue weighted by molar-refractivity contribution is 14.3. The molecule has 2 atom stereocenters. The summed E-state index contributed by atoms with van der Waals surface area (Å²) in [5, 5.41) is 5.95. The second kappa shape index (κ2) is 9.55. The summed E-state index contributed by atoms with van der Waals surface area (Å²) < 4.78 is 4.75. The third kappa shape index (κ3) is 5.44. The molecule has 0 saturated heterocycles. The van der Waals surface area contributed by atoms with Crippen LogP contribution in [0.2, 0.25) is 0 Å². The Hall–Kier alpha value is -0.110. The van der Waals surface area contributed by atoms with Crippen LogP contribution in [0.4, 0.5) is 0 Å². The quantitative estimate of drug-likeness (QED) is 0.246. The average Bonchev–Trinajstić information content (AvgIpc) is 2.98. The minimum absolute atomic E-state index is 0.0726. The van der Waals surface area contributed by atoms with Crippen molar-refractivity contribution in [2.75, 3.05) is 7.11 Å². The molecule has 1 amide bonds. The van der Waals surface area contributed by atoms with E-state index >= 15 is 0 Å². The van der Waals surface area contributed by atoms with Crippen LogP contribution < -0.4 is 5.32 Å². The molecule has 1 N–H and O–H groups in total. The lowest BCUT2D eigenvalue weighted by Gasteiger charge is -2.27. The molecule has 1 saturated carbocycles. The summed E-state index contributed by atoms with van der Waals surface area (Å²) in [4.78, 5) is 28.8. The molecule has 24 heavy (non-hydrogen) atoms. The van der Waals surface area contributed by atoms with Gasteiger partial charge in [-0.1, -0.05) is 12.0 Å². The van der Waals surface area contributed by atoms with Crippen LogP contribution in [0.25, 0.3) is 0 Å². The zero-order valence-electron chi connectivity index (χ0n) is 12.8. The summed E-state index contributed by atoms with van der Waals surface area (Å²) in [5.41, 5.74) is -0.737. The Balaban J connectivity index is 2.12. The van der Waals surface area contributed by atoms with E-state index in [1.165, 1.54) is 7.11 Å². The maximum Gasteiger partial charge on any atom is 0.331 e. The minimum atomic E-state index is -1.02. The van der Waals surface area contributed by atoms with Crippen molar-refractivity contribution in [2.45, 2.75) is 24.8 Å². The van der Waals surface area contributed by atoms with Crippen LogP contribution in [0.5, 0.6) is 0 Å². The molecule has 1 aliphatic rings. The average molecular weight is 588 g/mol.